The topological polar surface area (TPSA) is 45.3 Å². The maximum atomic E-state index is 11.3. The van der Waals surface area contributed by atoms with Crippen LogP contribution in [0.15, 0.2) is 0 Å². The van der Waals surface area contributed by atoms with Crippen LogP contribution in [0, 0.1) is 17.8 Å². The minimum atomic E-state index is -0.624. The molecule has 3 heteroatoms. The number of ether oxygens (including phenoxy) is 2. The highest BCUT2D eigenvalue weighted by molar-refractivity contribution is 5.25. The quantitative estimate of drug-likeness (QED) is 0.727. The molecule has 0 aromatic rings. The Morgan fingerprint density at radius 1 is 1.22 bits per heavy atom. The van der Waals surface area contributed by atoms with Crippen LogP contribution in [0.4, 0.5) is 0 Å². The van der Waals surface area contributed by atoms with E-state index in [4.69, 9.17) is 9.47 Å². The zero-order valence-corrected chi connectivity index (χ0v) is 11.6. The van der Waals surface area contributed by atoms with Crippen LogP contribution in [0.2, 0.25) is 0 Å². The fourth-order valence-electron chi connectivity index (χ4n) is 4.90. The smallest absolute Gasteiger partial charge is 0.120 e. The summed E-state index contributed by atoms with van der Waals surface area (Å²) < 4.78 is 11.7. The molecule has 4 fully saturated rings. The molecule has 0 bridgehead atoms. The molecule has 2 aliphatic heterocycles. The van der Waals surface area contributed by atoms with Crippen molar-refractivity contribution in [2.75, 3.05) is 6.61 Å². The van der Waals surface area contributed by atoms with Gasteiger partial charge in [-0.2, -0.15) is 0 Å². The summed E-state index contributed by atoms with van der Waals surface area (Å²) in [6.45, 7) is 7.54. The molecule has 2 heterocycles. The lowest BCUT2D eigenvalue weighted by Crippen LogP contribution is -2.62. The van der Waals surface area contributed by atoms with Crippen LogP contribution < -0.4 is 0 Å². The Hall–Kier alpha value is -0.120. The van der Waals surface area contributed by atoms with Crippen LogP contribution in [-0.2, 0) is 9.47 Å². The Morgan fingerprint density at radius 2 is 1.94 bits per heavy atom. The standard InChI is InChI=1S/C15H24O3/c1-9(2)10-4-5-14(8-17-14)15(16)7-6-13(3)12(18-13)11(10)15/h9-12,16H,4-8H2,1-3H3. The lowest BCUT2D eigenvalue weighted by molar-refractivity contribution is -0.155. The number of aliphatic hydroxyl groups is 1. The predicted octanol–water partition coefficient (Wildman–Crippen LogP) is 2.12. The highest BCUT2D eigenvalue weighted by Crippen LogP contribution is 2.66. The third kappa shape index (κ3) is 1.21. The highest BCUT2D eigenvalue weighted by Gasteiger charge is 2.76. The second-order valence-corrected chi connectivity index (χ2v) is 7.53. The average molecular weight is 252 g/mol. The number of fused-ring (bicyclic) bond motifs is 4. The molecule has 1 spiro atoms. The normalized spacial score (nSPS) is 61.5. The molecule has 6 unspecified atom stereocenters. The molecule has 2 saturated heterocycles. The van der Waals surface area contributed by atoms with E-state index in [2.05, 4.69) is 20.8 Å². The predicted molar refractivity (Wildman–Crippen MR) is 67.2 cm³/mol. The summed E-state index contributed by atoms with van der Waals surface area (Å²) in [5, 5.41) is 11.3. The first-order valence-corrected chi connectivity index (χ1v) is 7.46. The Morgan fingerprint density at radius 3 is 2.56 bits per heavy atom. The Kier molecular flexibility index (Phi) is 2.03. The van der Waals surface area contributed by atoms with Crippen molar-refractivity contribution in [1.82, 2.24) is 0 Å². The summed E-state index contributed by atoms with van der Waals surface area (Å²) in [7, 11) is 0. The van der Waals surface area contributed by atoms with E-state index in [0.717, 1.165) is 25.9 Å². The van der Waals surface area contributed by atoms with Gasteiger partial charge in [0, 0.05) is 5.92 Å². The molecule has 0 aromatic heterocycles. The van der Waals surface area contributed by atoms with Gasteiger partial charge in [-0.15, -0.1) is 0 Å². The van der Waals surface area contributed by atoms with Crippen molar-refractivity contribution in [3.8, 4) is 0 Å². The number of rotatable bonds is 1. The van der Waals surface area contributed by atoms with Crippen LogP contribution in [0.5, 0.6) is 0 Å². The maximum Gasteiger partial charge on any atom is 0.120 e. The molecule has 2 saturated carbocycles. The van der Waals surface area contributed by atoms with E-state index in [1.807, 2.05) is 0 Å². The number of epoxide rings is 2. The van der Waals surface area contributed by atoms with Crippen molar-refractivity contribution >= 4 is 0 Å². The first kappa shape index (κ1) is 11.7. The van der Waals surface area contributed by atoms with E-state index in [1.165, 1.54) is 6.42 Å². The molecule has 3 nitrogen and oxygen atoms in total. The third-order valence-corrected chi connectivity index (χ3v) is 6.30. The minimum Gasteiger partial charge on any atom is -0.386 e. The number of hydrogen-bond donors (Lipinski definition) is 1. The first-order valence-electron chi connectivity index (χ1n) is 7.46. The van der Waals surface area contributed by atoms with Gasteiger partial charge in [-0.3, -0.25) is 0 Å². The number of hydrogen-bond acceptors (Lipinski definition) is 3. The van der Waals surface area contributed by atoms with Gasteiger partial charge in [-0.05, 0) is 44.4 Å². The zero-order valence-electron chi connectivity index (χ0n) is 11.6. The summed E-state index contributed by atoms with van der Waals surface area (Å²) in [6.07, 6.45) is 4.33. The second-order valence-electron chi connectivity index (χ2n) is 7.53. The molecular weight excluding hydrogens is 228 g/mol. The fraction of sp³-hybridized carbons (Fsp3) is 1.00. The van der Waals surface area contributed by atoms with Gasteiger partial charge in [0.25, 0.3) is 0 Å². The molecule has 4 aliphatic rings. The summed E-state index contributed by atoms with van der Waals surface area (Å²) in [6, 6.07) is 0. The van der Waals surface area contributed by atoms with Crippen molar-refractivity contribution in [3.63, 3.8) is 0 Å². The van der Waals surface area contributed by atoms with Crippen LogP contribution in [0.25, 0.3) is 0 Å². The molecule has 0 aromatic carbocycles. The summed E-state index contributed by atoms with van der Waals surface area (Å²) in [4.78, 5) is 0. The zero-order chi connectivity index (χ0) is 12.8. The van der Waals surface area contributed by atoms with E-state index >= 15 is 0 Å². The van der Waals surface area contributed by atoms with E-state index < -0.39 is 5.60 Å². The summed E-state index contributed by atoms with van der Waals surface area (Å²) >= 11 is 0. The van der Waals surface area contributed by atoms with E-state index in [0.29, 0.717) is 11.8 Å². The first-order chi connectivity index (χ1) is 8.42. The van der Waals surface area contributed by atoms with E-state index in [1.54, 1.807) is 0 Å². The lowest BCUT2D eigenvalue weighted by Gasteiger charge is -2.52. The molecule has 6 atom stereocenters. The van der Waals surface area contributed by atoms with Crippen molar-refractivity contribution in [1.29, 1.82) is 0 Å². The van der Waals surface area contributed by atoms with Gasteiger partial charge >= 0.3 is 0 Å². The van der Waals surface area contributed by atoms with Gasteiger partial charge in [-0.25, -0.2) is 0 Å². The molecule has 0 radical (unpaired) electrons. The van der Waals surface area contributed by atoms with Crippen molar-refractivity contribution in [3.05, 3.63) is 0 Å². The SMILES string of the molecule is CC(C)C1CCC2(CO2)C2(O)CCC3(C)OC3C12. The van der Waals surface area contributed by atoms with Gasteiger partial charge in [0.2, 0.25) is 0 Å². The van der Waals surface area contributed by atoms with Gasteiger partial charge in [0.1, 0.15) is 11.2 Å². The monoisotopic (exact) mass is 252 g/mol. The van der Waals surface area contributed by atoms with E-state index in [9.17, 15) is 5.11 Å². The van der Waals surface area contributed by atoms with Gasteiger partial charge < -0.3 is 14.6 Å². The van der Waals surface area contributed by atoms with Crippen LogP contribution in [0.3, 0.4) is 0 Å². The summed E-state index contributed by atoms with van der Waals surface area (Å²) in [5.74, 6) is 1.48. The summed E-state index contributed by atoms with van der Waals surface area (Å²) in [5.41, 5.74) is -0.783. The Balaban J connectivity index is 1.74. The van der Waals surface area contributed by atoms with Crippen molar-refractivity contribution in [2.24, 2.45) is 17.8 Å². The van der Waals surface area contributed by atoms with Gasteiger partial charge in [-0.1, -0.05) is 13.8 Å². The molecular formula is C15H24O3. The van der Waals surface area contributed by atoms with Gasteiger partial charge in [0.15, 0.2) is 0 Å². The third-order valence-electron chi connectivity index (χ3n) is 6.30. The highest BCUT2D eigenvalue weighted by atomic mass is 16.6. The maximum absolute atomic E-state index is 11.3. The lowest BCUT2D eigenvalue weighted by atomic mass is 9.54. The molecule has 18 heavy (non-hydrogen) atoms. The second kappa shape index (κ2) is 3.13. The van der Waals surface area contributed by atoms with Crippen molar-refractivity contribution in [2.45, 2.75) is 69.4 Å². The molecule has 0 amide bonds. The van der Waals surface area contributed by atoms with Crippen molar-refractivity contribution < 1.29 is 14.6 Å². The van der Waals surface area contributed by atoms with Crippen LogP contribution >= 0.6 is 0 Å². The molecule has 1 N–H and O–H groups in total. The van der Waals surface area contributed by atoms with E-state index in [-0.39, 0.29) is 23.2 Å². The largest absolute Gasteiger partial charge is 0.386 e. The molecule has 102 valence electrons. The average Bonchev–Trinajstić information content (AvgIpc) is 3.18. The Labute approximate surface area is 109 Å². The fourth-order valence-corrected chi connectivity index (χ4v) is 4.90. The van der Waals surface area contributed by atoms with Gasteiger partial charge in [0.05, 0.1) is 18.3 Å². The Bertz CT molecular complexity index is 389. The van der Waals surface area contributed by atoms with Crippen LogP contribution in [0.1, 0.15) is 46.5 Å². The molecule has 4 rings (SSSR count). The molecule has 2 aliphatic carbocycles. The minimum absolute atomic E-state index is 0.0530. The van der Waals surface area contributed by atoms with Crippen LogP contribution in [-0.4, -0.2) is 34.6 Å².